The largest absolute Gasteiger partial charge is 0.378 e. The van der Waals surface area contributed by atoms with Crippen LogP contribution in [-0.2, 0) is 0 Å². The van der Waals surface area contributed by atoms with E-state index in [0.717, 1.165) is 10.2 Å². The molecular weight excluding hydrogens is 408 g/mol. The standard InChI is InChI=1S/C17H12N10O4/c18-15-16(24-31-23-15)26-14(11-1-3-12(4-2-11)27(29)30)13(21-25-26)17(28)22-20-9-10-5-7-19-8-6-10/h1-9H,(H2,18,23)(H,22,28). The minimum absolute atomic E-state index is 0.000176. The molecule has 0 aliphatic heterocycles. The molecule has 0 saturated heterocycles. The van der Waals surface area contributed by atoms with Crippen molar-refractivity contribution in [3.63, 3.8) is 0 Å². The lowest BCUT2D eigenvalue weighted by Gasteiger charge is -2.05. The Morgan fingerprint density at radius 1 is 1.19 bits per heavy atom. The number of nitrogen functional groups attached to an aromatic ring is 1. The maximum absolute atomic E-state index is 12.7. The second-order valence-corrected chi connectivity index (χ2v) is 5.96. The van der Waals surface area contributed by atoms with E-state index in [2.05, 4.69) is 40.8 Å². The first kappa shape index (κ1) is 19.3. The number of rotatable bonds is 6. The molecule has 0 unspecified atom stereocenters. The van der Waals surface area contributed by atoms with Crippen molar-refractivity contribution in [3.05, 3.63) is 70.2 Å². The number of nitro benzene ring substituents is 1. The minimum atomic E-state index is -0.681. The second kappa shape index (κ2) is 8.16. The van der Waals surface area contributed by atoms with Crippen LogP contribution in [-0.4, -0.2) is 47.3 Å². The van der Waals surface area contributed by atoms with Crippen LogP contribution in [0, 0.1) is 10.1 Å². The van der Waals surface area contributed by atoms with Crippen LogP contribution < -0.4 is 11.2 Å². The van der Waals surface area contributed by atoms with Crippen molar-refractivity contribution in [1.82, 2.24) is 35.7 Å². The number of hydrazone groups is 1. The molecule has 0 radical (unpaired) electrons. The Labute approximate surface area is 172 Å². The van der Waals surface area contributed by atoms with Gasteiger partial charge >= 0.3 is 0 Å². The van der Waals surface area contributed by atoms with Gasteiger partial charge in [-0.25, -0.2) is 10.1 Å². The van der Waals surface area contributed by atoms with Crippen LogP contribution in [0.4, 0.5) is 11.5 Å². The van der Waals surface area contributed by atoms with Crippen molar-refractivity contribution >= 4 is 23.6 Å². The molecule has 4 aromatic rings. The molecule has 14 heteroatoms. The van der Waals surface area contributed by atoms with E-state index in [4.69, 9.17) is 5.73 Å². The van der Waals surface area contributed by atoms with E-state index in [0.29, 0.717) is 5.56 Å². The quantitative estimate of drug-likeness (QED) is 0.258. The Balaban J connectivity index is 1.71. The van der Waals surface area contributed by atoms with Crippen LogP contribution in [0.1, 0.15) is 16.1 Å². The highest BCUT2D eigenvalue weighted by Gasteiger charge is 2.25. The van der Waals surface area contributed by atoms with Gasteiger partial charge in [0.25, 0.3) is 11.6 Å². The fourth-order valence-electron chi connectivity index (χ4n) is 2.59. The van der Waals surface area contributed by atoms with Crippen LogP contribution in [0.5, 0.6) is 0 Å². The van der Waals surface area contributed by atoms with Crippen molar-refractivity contribution in [2.24, 2.45) is 5.10 Å². The van der Waals surface area contributed by atoms with Crippen molar-refractivity contribution in [3.8, 4) is 17.1 Å². The first-order valence-corrected chi connectivity index (χ1v) is 8.57. The Morgan fingerprint density at radius 3 is 2.58 bits per heavy atom. The third kappa shape index (κ3) is 3.93. The summed E-state index contributed by atoms with van der Waals surface area (Å²) >= 11 is 0. The highest BCUT2D eigenvalue weighted by molar-refractivity contribution is 5.98. The number of nitrogens with two attached hydrogens (primary N) is 1. The van der Waals surface area contributed by atoms with Gasteiger partial charge in [-0.05, 0) is 40.1 Å². The van der Waals surface area contributed by atoms with Gasteiger partial charge in [-0.15, -0.1) is 5.10 Å². The normalized spacial score (nSPS) is 11.0. The van der Waals surface area contributed by atoms with Crippen molar-refractivity contribution in [2.45, 2.75) is 0 Å². The minimum Gasteiger partial charge on any atom is -0.378 e. The van der Waals surface area contributed by atoms with Gasteiger partial charge in [-0.3, -0.25) is 19.9 Å². The number of hydrogen-bond donors (Lipinski definition) is 2. The summed E-state index contributed by atoms with van der Waals surface area (Å²) in [5, 5.41) is 29.8. The van der Waals surface area contributed by atoms with Crippen LogP contribution in [0.25, 0.3) is 17.1 Å². The summed E-state index contributed by atoms with van der Waals surface area (Å²) in [6.07, 6.45) is 4.59. The maximum Gasteiger partial charge on any atom is 0.294 e. The third-order valence-corrected chi connectivity index (χ3v) is 4.02. The van der Waals surface area contributed by atoms with Crippen LogP contribution in [0.3, 0.4) is 0 Å². The second-order valence-electron chi connectivity index (χ2n) is 5.96. The van der Waals surface area contributed by atoms with E-state index >= 15 is 0 Å². The Morgan fingerprint density at radius 2 is 1.94 bits per heavy atom. The summed E-state index contributed by atoms with van der Waals surface area (Å²) in [6, 6.07) is 8.84. The number of amides is 1. The zero-order valence-electron chi connectivity index (χ0n) is 15.5. The monoisotopic (exact) mass is 420 g/mol. The highest BCUT2D eigenvalue weighted by atomic mass is 16.6. The van der Waals surface area contributed by atoms with Gasteiger partial charge in [-0.2, -0.15) is 9.78 Å². The summed E-state index contributed by atoms with van der Waals surface area (Å²) in [6.45, 7) is 0. The Hall–Kier alpha value is -5.01. The summed E-state index contributed by atoms with van der Waals surface area (Å²) in [7, 11) is 0. The molecule has 3 aromatic heterocycles. The molecule has 0 saturated carbocycles. The smallest absolute Gasteiger partial charge is 0.294 e. The molecule has 0 fully saturated rings. The number of hydrogen-bond acceptors (Lipinski definition) is 11. The van der Waals surface area contributed by atoms with Gasteiger partial charge in [0.1, 0.15) is 5.69 Å². The van der Waals surface area contributed by atoms with Gasteiger partial charge in [0.2, 0.25) is 11.6 Å². The summed E-state index contributed by atoms with van der Waals surface area (Å²) in [5.41, 5.74) is 9.12. The van der Waals surface area contributed by atoms with Crippen molar-refractivity contribution in [2.75, 3.05) is 5.73 Å². The first-order valence-electron chi connectivity index (χ1n) is 8.57. The Kier molecular flexibility index (Phi) is 5.08. The predicted octanol–water partition coefficient (Wildman–Crippen LogP) is 0.967. The number of nitro groups is 1. The van der Waals surface area contributed by atoms with Gasteiger partial charge in [0, 0.05) is 30.1 Å². The number of carbonyl (C=O) groups excluding carboxylic acids is 1. The number of nitrogens with one attached hydrogen (secondary N) is 1. The van der Waals surface area contributed by atoms with E-state index in [1.165, 1.54) is 30.5 Å². The highest BCUT2D eigenvalue weighted by Crippen LogP contribution is 2.28. The van der Waals surface area contributed by atoms with Gasteiger partial charge in [0.05, 0.1) is 11.1 Å². The number of aromatic nitrogens is 6. The molecule has 31 heavy (non-hydrogen) atoms. The van der Waals surface area contributed by atoms with Crippen molar-refractivity contribution in [1.29, 1.82) is 0 Å². The molecule has 4 rings (SSSR count). The van der Waals surface area contributed by atoms with Gasteiger partial charge in [0.15, 0.2) is 5.69 Å². The molecule has 0 atom stereocenters. The third-order valence-electron chi connectivity index (χ3n) is 4.02. The number of pyridine rings is 1. The molecular formula is C17H12N10O4. The Bertz CT molecular complexity index is 1260. The van der Waals surface area contributed by atoms with Crippen molar-refractivity contribution < 1.29 is 14.3 Å². The summed E-state index contributed by atoms with van der Waals surface area (Å²) in [4.78, 5) is 27.0. The average molecular weight is 420 g/mol. The molecule has 14 nitrogen and oxygen atoms in total. The fraction of sp³-hybridized carbons (Fsp3) is 0. The van der Waals surface area contributed by atoms with Crippen LogP contribution in [0.2, 0.25) is 0 Å². The lowest BCUT2D eigenvalue weighted by Crippen LogP contribution is -2.19. The van der Waals surface area contributed by atoms with E-state index in [9.17, 15) is 14.9 Å². The molecule has 0 bridgehead atoms. The fourth-order valence-corrected chi connectivity index (χ4v) is 2.59. The zero-order valence-corrected chi connectivity index (χ0v) is 15.5. The van der Waals surface area contributed by atoms with E-state index in [1.807, 2.05) is 0 Å². The van der Waals surface area contributed by atoms with E-state index in [-0.39, 0.29) is 28.7 Å². The molecule has 1 amide bonds. The number of nitrogens with zero attached hydrogens (tertiary/aromatic N) is 8. The summed E-state index contributed by atoms with van der Waals surface area (Å²) < 4.78 is 5.74. The number of non-ortho nitro benzene ring substituents is 1. The first-order chi connectivity index (χ1) is 15.0. The molecule has 0 aliphatic carbocycles. The van der Waals surface area contributed by atoms with Gasteiger partial charge < -0.3 is 5.73 Å². The molecule has 154 valence electrons. The predicted molar refractivity (Wildman–Crippen MR) is 105 cm³/mol. The topological polar surface area (TPSA) is 193 Å². The molecule has 0 spiro atoms. The SMILES string of the molecule is Nc1nonc1-n1nnc(C(=O)NN=Cc2ccncc2)c1-c1ccc([N+](=O)[O-])cc1. The number of anilines is 1. The van der Waals surface area contributed by atoms with Gasteiger partial charge in [-0.1, -0.05) is 5.21 Å². The molecule has 3 heterocycles. The summed E-state index contributed by atoms with van der Waals surface area (Å²) in [5.74, 6) is -0.768. The van der Waals surface area contributed by atoms with Crippen LogP contribution in [0.15, 0.2) is 58.5 Å². The molecule has 1 aromatic carbocycles. The molecule has 0 aliphatic rings. The molecule has 3 N–H and O–H groups in total. The number of benzene rings is 1. The van der Waals surface area contributed by atoms with Crippen LogP contribution >= 0.6 is 0 Å². The number of carbonyl (C=O) groups is 1. The van der Waals surface area contributed by atoms with E-state index in [1.54, 1.807) is 24.5 Å². The maximum atomic E-state index is 12.7. The van der Waals surface area contributed by atoms with E-state index < -0.39 is 10.8 Å². The average Bonchev–Trinajstić information content (AvgIpc) is 3.40. The zero-order chi connectivity index (χ0) is 21.8. The lowest BCUT2D eigenvalue weighted by atomic mass is 10.1. The lowest BCUT2D eigenvalue weighted by molar-refractivity contribution is -0.384.